The monoisotopic (exact) mass is 256 g/mol. The van der Waals surface area contributed by atoms with Crippen molar-refractivity contribution in [3.8, 4) is 0 Å². The molecule has 1 aliphatic heterocycles. The van der Waals surface area contributed by atoms with Crippen molar-refractivity contribution in [1.29, 1.82) is 0 Å². The largest absolute Gasteiger partial charge is 0.383 e. The molecule has 0 aromatic rings. The zero-order valence-electron chi connectivity index (χ0n) is 12.6. The Morgan fingerprint density at radius 3 is 2.78 bits per heavy atom. The zero-order chi connectivity index (χ0) is 13.2. The molecule has 3 nitrogen and oxygen atoms in total. The van der Waals surface area contributed by atoms with Gasteiger partial charge in [0.15, 0.2) is 0 Å². The maximum atomic E-state index is 5.35. The van der Waals surface area contributed by atoms with Gasteiger partial charge in [-0.25, -0.2) is 0 Å². The van der Waals surface area contributed by atoms with Crippen LogP contribution in [0.3, 0.4) is 0 Å². The van der Waals surface area contributed by atoms with E-state index >= 15 is 0 Å². The summed E-state index contributed by atoms with van der Waals surface area (Å²) >= 11 is 0. The van der Waals surface area contributed by atoms with Gasteiger partial charge in [0.05, 0.1) is 6.61 Å². The number of nitrogens with zero attached hydrogens (tertiary/aromatic N) is 1. The first-order valence-electron chi connectivity index (χ1n) is 7.78. The fourth-order valence-electron chi connectivity index (χ4n) is 2.95. The Balaban J connectivity index is 2.46. The van der Waals surface area contributed by atoms with E-state index < -0.39 is 0 Å². The van der Waals surface area contributed by atoms with Crippen molar-refractivity contribution in [3.63, 3.8) is 0 Å². The molecule has 3 heteroatoms. The minimum Gasteiger partial charge on any atom is -0.383 e. The molecular weight excluding hydrogens is 224 g/mol. The van der Waals surface area contributed by atoms with Crippen molar-refractivity contribution in [2.75, 3.05) is 33.4 Å². The lowest BCUT2D eigenvalue weighted by molar-refractivity contribution is 0.117. The van der Waals surface area contributed by atoms with Crippen molar-refractivity contribution in [3.05, 3.63) is 0 Å². The molecule has 0 aromatic heterocycles. The van der Waals surface area contributed by atoms with Gasteiger partial charge in [0.2, 0.25) is 0 Å². The van der Waals surface area contributed by atoms with Crippen molar-refractivity contribution in [1.82, 2.24) is 10.2 Å². The third kappa shape index (κ3) is 5.68. The first-order chi connectivity index (χ1) is 8.81. The molecule has 0 aromatic carbocycles. The van der Waals surface area contributed by atoms with Crippen LogP contribution < -0.4 is 5.32 Å². The van der Waals surface area contributed by atoms with Crippen LogP contribution in [-0.2, 0) is 4.74 Å². The van der Waals surface area contributed by atoms with Gasteiger partial charge in [-0.15, -0.1) is 0 Å². The topological polar surface area (TPSA) is 24.5 Å². The molecule has 108 valence electrons. The summed E-state index contributed by atoms with van der Waals surface area (Å²) in [7, 11) is 1.81. The molecule has 0 aliphatic carbocycles. The van der Waals surface area contributed by atoms with Gasteiger partial charge in [0, 0.05) is 25.7 Å². The van der Waals surface area contributed by atoms with Gasteiger partial charge in [0.25, 0.3) is 0 Å². The summed E-state index contributed by atoms with van der Waals surface area (Å²) in [6.07, 6.45) is 8.04. The van der Waals surface area contributed by atoms with E-state index in [2.05, 4.69) is 24.1 Å². The van der Waals surface area contributed by atoms with Gasteiger partial charge in [-0.05, 0) is 38.8 Å². The van der Waals surface area contributed by atoms with E-state index in [9.17, 15) is 0 Å². The van der Waals surface area contributed by atoms with Crippen LogP contribution in [0.2, 0.25) is 0 Å². The molecule has 1 aliphatic rings. The molecule has 1 rings (SSSR count). The van der Waals surface area contributed by atoms with Crippen LogP contribution in [0.5, 0.6) is 0 Å². The lowest BCUT2D eigenvalue weighted by Crippen LogP contribution is -2.47. The van der Waals surface area contributed by atoms with Crippen LogP contribution in [0.1, 0.15) is 52.4 Å². The van der Waals surface area contributed by atoms with Crippen LogP contribution in [0.15, 0.2) is 0 Å². The quantitative estimate of drug-likeness (QED) is 0.722. The number of hydrogen-bond donors (Lipinski definition) is 1. The normalized spacial score (nSPS) is 23.8. The summed E-state index contributed by atoms with van der Waals surface area (Å²) in [6.45, 7) is 8.88. The molecule has 2 unspecified atom stereocenters. The average molecular weight is 256 g/mol. The molecule has 1 heterocycles. The summed E-state index contributed by atoms with van der Waals surface area (Å²) in [5.41, 5.74) is 0. The van der Waals surface area contributed by atoms with E-state index in [0.717, 1.165) is 25.7 Å². The second kappa shape index (κ2) is 9.76. The number of hydrogen-bond acceptors (Lipinski definition) is 3. The van der Waals surface area contributed by atoms with E-state index in [0.29, 0.717) is 6.04 Å². The second-order valence-corrected chi connectivity index (χ2v) is 5.51. The fourth-order valence-corrected chi connectivity index (χ4v) is 2.95. The summed E-state index contributed by atoms with van der Waals surface area (Å²) in [5, 5.41) is 3.62. The summed E-state index contributed by atoms with van der Waals surface area (Å²) < 4.78 is 5.35. The number of methoxy groups -OCH3 is 1. The SMILES string of the molecule is CCCNC(COC)CN1CCCCCC1CC. The minimum absolute atomic E-state index is 0.488. The van der Waals surface area contributed by atoms with E-state index in [1.807, 2.05) is 0 Å². The highest BCUT2D eigenvalue weighted by molar-refractivity contribution is 4.79. The van der Waals surface area contributed by atoms with Gasteiger partial charge in [0.1, 0.15) is 0 Å². The number of ether oxygens (including phenoxy) is 1. The minimum atomic E-state index is 0.488. The molecule has 0 amide bonds. The average Bonchev–Trinajstić information content (AvgIpc) is 2.61. The Labute approximate surface area is 113 Å². The van der Waals surface area contributed by atoms with Gasteiger partial charge in [-0.1, -0.05) is 26.7 Å². The molecule has 18 heavy (non-hydrogen) atoms. The molecule has 1 saturated heterocycles. The van der Waals surface area contributed by atoms with Crippen LogP contribution in [0.25, 0.3) is 0 Å². The Bertz CT molecular complexity index is 199. The molecule has 0 bridgehead atoms. The predicted molar refractivity (Wildman–Crippen MR) is 78.1 cm³/mol. The second-order valence-electron chi connectivity index (χ2n) is 5.51. The van der Waals surface area contributed by atoms with Crippen molar-refractivity contribution < 1.29 is 4.74 Å². The summed E-state index contributed by atoms with van der Waals surface area (Å²) in [4.78, 5) is 2.69. The highest BCUT2D eigenvalue weighted by Crippen LogP contribution is 2.19. The highest BCUT2D eigenvalue weighted by atomic mass is 16.5. The van der Waals surface area contributed by atoms with Crippen molar-refractivity contribution in [2.45, 2.75) is 64.5 Å². The van der Waals surface area contributed by atoms with E-state index in [1.165, 1.54) is 45.1 Å². The van der Waals surface area contributed by atoms with Gasteiger partial charge >= 0.3 is 0 Å². The predicted octanol–water partition coefficient (Wildman–Crippen LogP) is 2.66. The third-order valence-corrected chi connectivity index (χ3v) is 3.98. The smallest absolute Gasteiger partial charge is 0.0628 e. The Morgan fingerprint density at radius 2 is 2.11 bits per heavy atom. The van der Waals surface area contributed by atoms with Crippen LogP contribution in [0.4, 0.5) is 0 Å². The van der Waals surface area contributed by atoms with Crippen LogP contribution >= 0.6 is 0 Å². The standard InChI is InChI=1S/C15H32N2O/c1-4-10-16-14(13-18-3)12-17-11-8-6-7-9-15(17)5-2/h14-16H,4-13H2,1-3H3. The first kappa shape index (κ1) is 15.9. The number of likely N-dealkylation sites (tertiary alicyclic amines) is 1. The zero-order valence-corrected chi connectivity index (χ0v) is 12.6. The summed E-state index contributed by atoms with van der Waals surface area (Å²) in [5.74, 6) is 0. The van der Waals surface area contributed by atoms with Gasteiger partial charge < -0.3 is 10.1 Å². The number of nitrogens with one attached hydrogen (secondary N) is 1. The summed E-state index contributed by atoms with van der Waals surface area (Å²) in [6, 6.07) is 1.28. The Morgan fingerprint density at radius 1 is 1.28 bits per heavy atom. The van der Waals surface area contributed by atoms with E-state index in [-0.39, 0.29) is 0 Å². The molecule has 0 radical (unpaired) electrons. The van der Waals surface area contributed by atoms with Gasteiger partial charge in [-0.2, -0.15) is 0 Å². The maximum absolute atomic E-state index is 5.35. The Hall–Kier alpha value is -0.120. The molecule has 0 saturated carbocycles. The lowest BCUT2D eigenvalue weighted by Gasteiger charge is -2.32. The number of rotatable bonds is 8. The highest BCUT2D eigenvalue weighted by Gasteiger charge is 2.22. The molecule has 2 atom stereocenters. The van der Waals surface area contributed by atoms with E-state index in [4.69, 9.17) is 4.74 Å². The van der Waals surface area contributed by atoms with Crippen molar-refractivity contribution in [2.24, 2.45) is 0 Å². The molecule has 0 spiro atoms. The molecule has 1 N–H and O–H groups in total. The Kier molecular flexibility index (Phi) is 8.64. The van der Waals surface area contributed by atoms with Crippen LogP contribution in [0, 0.1) is 0 Å². The third-order valence-electron chi connectivity index (χ3n) is 3.98. The lowest BCUT2D eigenvalue weighted by atomic mass is 10.1. The maximum Gasteiger partial charge on any atom is 0.0628 e. The fraction of sp³-hybridized carbons (Fsp3) is 1.00. The molecule has 1 fully saturated rings. The van der Waals surface area contributed by atoms with Crippen molar-refractivity contribution >= 4 is 0 Å². The van der Waals surface area contributed by atoms with Gasteiger partial charge in [-0.3, -0.25) is 4.90 Å². The molecular formula is C15H32N2O. The van der Waals surface area contributed by atoms with Crippen LogP contribution in [-0.4, -0.2) is 50.3 Å². The van der Waals surface area contributed by atoms with E-state index in [1.54, 1.807) is 7.11 Å². The first-order valence-corrected chi connectivity index (χ1v) is 7.78.